The van der Waals surface area contributed by atoms with E-state index < -0.39 is 15.2 Å². The Bertz CT molecular complexity index is 14.9. The van der Waals surface area contributed by atoms with E-state index >= 15 is 0 Å². The summed E-state index contributed by atoms with van der Waals surface area (Å²) in [7, 11) is 14.9. The first-order chi connectivity index (χ1) is 1.73. The summed E-state index contributed by atoms with van der Waals surface area (Å²) in [6.07, 6.45) is 0. The first-order valence-electron chi connectivity index (χ1n) is 0.342. The molecule has 0 aromatic rings. The zero-order valence-electron chi connectivity index (χ0n) is 4.44. The van der Waals surface area contributed by atoms with E-state index in [1.165, 1.54) is 0 Å². The largest absolute Gasteiger partial charge is 0 e. The second kappa shape index (κ2) is 16.9. The van der Waals surface area contributed by atoms with Crippen LogP contribution in [0.3, 0.4) is 0 Å². The number of hydrogen-bond acceptors (Lipinski definition) is 0. The fourth-order valence-corrected chi connectivity index (χ4v) is 0. The second-order valence-corrected chi connectivity index (χ2v) is 9.52. The van der Waals surface area contributed by atoms with Crippen LogP contribution in [0.25, 0.3) is 0 Å². The third-order valence-corrected chi connectivity index (χ3v) is 0. The zero-order valence-corrected chi connectivity index (χ0v) is 14.9. The molecule has 35 valence electrons. The minimum absolute atomic E-state index is 0. The van der Waals surface area contributed by atoms with Crippen LogP contribution in [0.5, 0.6) is 0 Å². The van der Waals surface area contributed by atoms with Crippen molar-refractivity contribution in [3.05, 3.63) is 0 Å². The Hall–Kier alpha value is 4.61. The zero-order chi connectivity index (χ0) is 3.58. The Balaban J connectivity index is -0.0000000150. The van der Waals surface area contributed by atoms with Gasteiger partial charge in [-0.05, 0) is 0 Å². The molecular formula is AuCl3Na3. The van der Waals surface area contributed by atoms with Crippen molar-refractivity contribution in [1.82, 2.24) is 0 Å². The minimum atomic E-state index is -1.79. The summed E-state index contributed by atoms with van der Waals surface area (Å²) >= 11 is -1.79. The molecule has 7 heteroatoms. The summed E-state index contributed by atoms with van der Waals surface area (Å²) in [6, 6.07) is 0. The van der Waals surface area contributed by atoms with Crippen molar-refractivity contribution < 1.29 is 15.2 Å². The number of hydrogen-bond donors (Lipinski definition) is 0. The van der Waals surface area contributed by atoms with Gasteiger partial charge in [0, 0.05) is 88.7 Å². The fraction of sp³-hybridized carbons (Fsp3) is 0. The molecule has 0 aliphatic heterocycles. The van der Waals surface area contributed by atoms with Crippen molar-refractivity contribution in [3.8, 4) is 0 Å². The molecule has 0 fully saturated rings. The summed E-state index contributed by atoms with van der Waals surface area (Å²) in [5, 5.41) is 0. The molecule has 0 aliphatic rings. The maximum absolute atomic E-state index is 4.95. The first-order valence-corrected chi connectivity index (χ1v) is 8.40. The molecule has 0 saturated carbocycles. The van der Waals surface area contributed by atoms with Gasteiger partial charge in [-0.15, -0.1) is 0 Å². The maximum Gasteiger partial charge on any atom is 0 e. The number of halogens is 3. The van der Waals surface area contributed by atoms with E-state index in [0.29, 0.717) is 0 Å². The smallest absolute Gasteiger partial charge is 0 e. The Morgan fingerprint density at radius 3 is 0.714 bits per heavy atom. The molecule has 0 nitrogen and oxygen atoms in total. The van der Waals surface area contributed by atoms with Gasteiger partial charge in [0.1, 0.15) is 0 Å². The van der Waals surface area contributed by atoms with Crippen LogP contribution in [-0.2, 0) is 15.2 Å². The van der Waals surface area contributed by atoms with Gasteiger partial charge in [0.15, 0.2) is 0 Å². The molecule has 0 saturated heterocycles. The SMILES string of the molecule is [Cl][Au]([Cl])[Cl].[Na].[Na].[Na]. The molecule has 0 N–H and O–H groups in total. The third-order valence-electron chi connectivity index (χ3n) is 0. The van der Waals surface area contributed by atoms with E-state index in [2.05, 4.69) is 0 Å². The summed E-state index contributed by atoms with van der Waals surface area (Å²) in [6.45, 7) is 0. The molecule has 0 rings (SSSR count). The van der Waals surface area contributed by atoms with Crippen molar-refractivity contribution in [3.63, 3.8) is 0 Å². The second-order valence-electron chi connectivity index (χ2n) is 0.129. The van der Waals surface area contributed by atoms with Gasteiger partial charge in [0.25, 0.3) is 0 Å². The molecule has 0 spiro atoms. The van der Waals surface area contributed by atoms with Crippen LogP contribution in [0, 0.1) is 0 Å². The van der Waals surface area contributed by atoms with Gasteiger partial charge < -0.3 is 0 Å². The first kappa shape index (κ1) is 22.6. The molecule has 0 heterocycles. The standard InChI is InChI=1S/Au.3ClH.3Na/h;3*1H;;;/q+3;;;;;;/p-3. The predicted molar refractivity (Wildman–Crippen MR) is 34.8 cm³/mol. The van der Waals surface area contributed by atoms with Crippen LogP contribution < -0.4 is 0 Å². The van der Waals surface area contributed by atoms with Crippen molar-refractivity contribution in [2.45, 2.75) is 0 Å². The van der Waals surface area contributed by atoms with Crippen LogP contribution in [0.15, 0.2) is 0 Å². The van der Waals surface area contributed by atoms with Crippen molar-refractivity contribution >= 4 is 116 Å². The van der Waals surface area contributed by atoms with Crippen LogP contribution in [0.4, 0.5) is 0 Å². The van der Waals surface area contributed by atoms with E-state index in [9.17, 15) is 0 Å². The van der Waals surface area contributed by atoms with Crippen molar-refractivity contribution in [1.29, 1.82) is 0 Å². The van der Waals surface area contributed by atoms with E-state index in [0.717, 1.165) is 0 Å². The van der Waals surface area contributed by atoms with Crippen molar-refractivity contribution in [2.24, 2.45) is 0 Å². The number of rotatable bonds is 0. The Kier molecular flexibility index (Phi) is 54.5. The summed E-state index contributed by atoms with van der Waals surface area (Å²) in [5.74, 6) is 0. The molecule has 7 heavy (non-hydrogen) atoms. The van der Waals surface area contributed by atoms with Gasteiger partial charge in [-0.25, -0.2) is 0 Å². The van der Waals surface area contributed by atoms with Crippen LogP contribution in [0.2, 0.25) is 0 Å². The van der Waals surface area contributed by atoms with E-state index in [4.69, 9.17) is 27.6 Å². The summed E-state index contributed by atoms with van der Waals surface area (Å²) < 4.78 is 0. The van der Waals surface area contributed by atoms with Gasteiger partial charge in [0.2, 0.25) is 0 Å². The summed E-state index contributed by atoms with van der Waals surface area (Å²) in [5.41, 5.74) is 0. The molecular weight excluding hydrogens is 372 g/mol. The average Bonchev–Trinajstić information content (AvgIpc) is 0.811. The van der Waals surface area contributed by atoms with Crippen LogP contribution >= 0.6 is 27.6 Å². The molecule has 0 amide bonds. The molecule has 0 atom stereocenters. The van der Waals surface area contributed by atoms with Gasteiger partial charge in [-0.3, -0.25) is 0 Å². The Morgan fingerprint density at radius 2 is 0.714 bits per heavy atom. The summed E-state index contributed by atoms with van der Waals surface area (Å²) in [4.78, 5) is 0. The van der Waals surface area contributed by atoms with Crippen LogP contribution in [-0.4, -0.2) is 88.7 Å². The molecule has 3 radical (unpaired) electrons. The maximum atomic E-state index is 4.95. The molecule has 0 bridgehead atoms. The van der Waals surface area contributed by atoms with E-state index in [-0.39, 0.29) is 88.7 Å². The van der Waals surface area contributed by atoms with E-state index in [1.807, 2.05) is 0 Å². The van der Waals surface area contributed by atoms with Gasteiger partial charge in [-0.2, -0.15) is 0 Å². The molecule has 0 aromatic carbocycles. The van der Waals surface area contributed by atoms with Crippen molar-refractivity contribution in [2.75, 3.05) is 0 Å². The topological polar surface area (TPSA) is 0 Å². The minimum Gasteiger partial charge on any atom is 0 e. The molecule has 0 aromatic heterocycles. The van der Waals surface area contributed by atoms with Crippen LogP contribution in [0.1, 0.15) is 0 Å². The van der Waals surface area contributed by atoms with Gasteiger partial charge >= 0.3 is 42.8 Å². The normalized spacial score (nSPS) is 6.43. The quantitative estimate of drug-likeness (QED) is 0.555. The third kappa shape index (κ3) is 37.0. The molecule has 0 unspecified atom stereocenters. The monoisotopic (exact) mass is 371 g/mol. The predicted octanol–water partition coefficient (Wildman–Crippen LogP) is 0.924. The Morgan fingerprint density at radius 1 is 0.714 bits per heavy atom. The average molecular weight is 372 g/mol. The fourth-order valence-electron chi connectivity index (χ4n) is 0. The van der Waals surface area contributed by atoms with Gasteiger partial charge in [0.05, 0.1) is 0 Å². The molecule has 0 aliphatic carbocycles. The van der Waals surface area contributed by atoms with Gasteiger partial charge in [-0.1, -0.05) is 0 Å². The van der Waals surface area contributed by atoms with E-state index in [1.54, 1.807) is 0 Å². The Labute approximate surface area is 128 Å².